The Morgan fingerprint density at radius 3 is 2.28 bits per heavy atom. The zero-order valence-electron chi connectivity index (χ0n) is 14.1. The number of Topliss-reactive ketones (excluding diaryl/α,β-unsaturated/α-hetero) is 1. The molecular formula is C18H20N4O3. The number of anilines is 1. The molecule has 1 aromatic carbocycles. The van der Waals surface area contributed by atoms with Crippen molar-refractivity contribution in [3.63, 3.8) is 0 Å². The van der Waals surface area contributed by atoms with Crippen LogP contribution in [0.15, 0.2) is 42.7 Å². The molecule has 0 spiro atoms. The number of hydrogen-bond donors (Lipinski definition) is 0. The number of rotatable bonds is 4. The summed E-state index contributed by atoms with van der Waals surface area (Å²) in [5.74, 6) is 0.514. The van der Waals surface area contributed by atoms with Gasteiger partial charge in [0.1, 0.15) is 6.61 Å². The van der Waals surface area contributed by atoms with Crippen molar-refractivity contribution in [1.82, 2.24) is 14.9 Å². The van der Waals surface area contributed by atoms with E-state index in [1.54, 1.807) is 4.90 Å². The van der Waals surface area contributed by atoms with Gasteiger partial charge >= 0.3 is 6.09 Å². The molecule has 1 saturated heterocycles. The lowest BCUT2D eigenvalue weighted by molar-refractivity contribution is 0.0939. The fourth-order valence-electron chi connectivity index (χ4n) is 2.57. The smallest absolute Gasteiger partial charge is 0.410 e. The Kier molecular flexibility index (Phi) is 5.23. The van der Waals surface area contributed by atoms with Gasteiger partial charge in [0.05, 0.1) is 5.56 Å². The maximum atomic E-state index is 12.2. The van der Waals surface area contributed by atoms with Crippen molar-refractivity contribution in [1.29, 1.82) is 0 Å². The molecule has 25 heavy (non-hydrogen) atoms. The van der Waals surface area contributed by atoms with Gasteiger partial charge in [0.2, 0.25) is 5.95 Å². The highest BCUT2D eigenvalue weighted by molar-refractivity contribution is 5.93. The topological polar surface area (TPSA) is 75.6 Å². The summed E-state index contributed by atoms with van der Waals surface area (Å²) in [6.07, 6.45) is 2.76. The number of ketones is 1. The first kappa shape index (κ1) is 16.9. The summed E-state index contributed by atoms with van der Waals surface area (Å²) in [6.45, 7) is 4.10. The largest absolute Gasteiger partial charge is 0.445 e. The molecular weight excluding hydrogens is 320 g/mol. The quantitative estimate of drug-likeness (QED) is 0.794. The molecule has 0 saturated carbocycles. The molecule has 2 aromatic rings. The van der Waals surface area contributed by atoms with Crippen molar-refractivity contribution in [2.45, 2.75) is 13.5 Å². The Hall–Kier alpha value is -2.96. The van der Waals surface area contributed by atoms with Crippen LogP contribution < -0.4 is 4.90 Å². The van der Waals surface area contributed by atoms with E-state index in [0.717, 1.165) is 5.56 Å². The van der Waals surface area contributed by atoms with Crippen molar-refractivity contribution >= 4 is 17.8 Å². The van der Waals surface area contributed by atoms with Crippen LogP contribution in [0.25, 0.3) is 0 Å². The first-order valence-electron chi connectivity index (χ1n) is 8.17. The number of piperazine rings is 1. The van der Waals surface area contributed by atoms with Gasteiger partial charge in [0.25, 0.3) is 0 Å². The molecule has 7 nitrogen and oxygen atoms in total. The van der Waals surface area contributed by atoms with Crippen LogP contribution in [0.5, 0.6) is 0 Å². The average molecular weight is 340 g/mol. The summed E-state index contributed by atoms with van der Waals surface area (Å²) in [5, 5.41) is 0. The summed E-state index contributed by atoms with van der Waals surface area (Å²) >= 11 is 0. The van der Waals surface area contributed by atoms with Gasteiger partial charge in [0.15, 0.2) is 5.78 Å². The summed E-state index contributed by atoms with van der Waals surface area (Å²) in [4.78, 5) is 35.5. The van der Waals surface area contributed by atoms with E-state index >= 15 is 0 Å². The first-order chi connectivity index (χ1) is 12.1. The van der Waals surface area contributed by atoms with Crippen LogP contribution in [0.2, 0.25) is 0 Å². The first-order valence-corrected chi connectivity index (χ1v) is 8.17. The van der Waals surface area contributed by atoms with Gasteiger partial charge in [-0.05, 0) is 12.5 Å². The molecule has 0 radical (unpaired) electrons. The average Bonchev–Trinajstić information content (AvgIpc) is 2.67. The van der Waals surface area contributed by atoms with Gasteiger partial charge in [-0.1, -0.05) is 30.3 Å². The third kappa shape index (κ3) is 4.32. The van der Waals surface area contributed by atoms with Crippen LogP contribution in [0.1, 0.15) is 22.8 Å². The molecule has 1 fully saturated rings. The molecule has 2 heterocycles. The number of ether oxygens (including phenoxy) is 1. The number of amides is 1. The van der Waals surface area contributed by atoms with Crippen LogP contribution in [-0.4, -0.2) is 52.9 Å². The van der Waals surface area contributed by atoms with Gasteiger partial charge < -0.3 is 14.5 Å². The van der Waals surface area contributed by atoms with Gasteiger partial charge in [0, 0.05) is 38.6 Å². The number of aromatic nitrogens is 2. The normalized spacial score (nSPS) is 14.3. The van der Waals surface area contributed by atoms with E-state index in [0.29, 0.717) is 37.7 Å². The Balaban J connectivity index is 1.49. The lowest BCUT2D eigenvalue weighted by Gasteiger charge is -2.34. The minimum absolute atomic E-state index is 0.0578. The second kappa shape index (κ2) is 7.74. The van der Waals surface area contributed by atoms with Crippen LogP contribution in [0, 0.1) is 0 Å². The minimum atomic E-state index is -0.309. The molecule has 1 amide bonds. The standard InChI is InChI=1S/C18H20N4O3/c1-14(23)16-11-19-17(20-12-16)21-7-9-22(10-8-21)18(24)25-13-15-5-3-2-4-6-15/h2-6,11-12H,7-10,13H2,1H3. The highest BCUT2D eigenvalue weighted by atomic mass is 16.6. The van der Waals surface area contributed by atoms with Gasteiger partial charge in [-0.25, -0.2) is 14.8 Å². The molecule has 0 aliphatic carbocycles. The Bertz CT molecular complexity index is 726. The van der Waals surface area contributed by atoms with Crippen LogP contribution in [0.3, 0.4) is 0 Å². The number of hydrogen-bond acceptors (Lipinski definition) is 6. The fourth-order valence-corrected chi connectivity index (χ4v) is 2.57. The maximum absolute atomic E-state index is 12.2. The summed E-state index contributed by atoms with van der Waals surface area (Å²) in [7, 11) is 0. The highest BCUT2D eigenvalue weighted by Gasteiger charge is 2.23. The van der Waals surface area contributed by atoms with Gasteiger partial charge in [-0.15, -0.1) is 0 Å². The lowest BCUT2D eigenvalue weighted by atomic mass is 10.2. The predicted molar refractivity (Wildman–Crippen MR) is 92.4 cm³/mol. The summed E-state index contributed by atoms with van der Waals surface area (Å²) < 4.78 is 5.35. The Labute approximate surface area is 146 Å². The third-order valence-electron chi connectivity index (χ3n) is 4.07. The number of carbonyl (C=O) groups is 2. The van der Waals surface area contributed by atoms with Crippen molar-refractivity contribution in [2.75, 3.05) is 31.1 Å². The van der Waals surface area contributed by atoms with E-state index in [1.807, 2.05) is 35.2 Å². The second-order valence-electron chi connectivity index (χ2n) is 5.84. The van der Waals surface area contributed by atoms with E-state index in [9.17, 15) is 9.59 Å². The number of benzene rings is 1. The van der Waals surface area contributed by atoms with E-state index in [4.69, 9.17) is 4.74 Å². The molecule has 130 valence electrons. The summed E-state index contributed by atoms with van der Waals surface area (Å²) in [6, 6.07) is 9.61. The zero-order valence-corrected chi connectivity index (χ0v) is 14.1. The highest BCUT2D eigenvalue weighted by Crippen LogP contribution is 2.12. The third-order valence-corrected chi connectivity index (χ3v) is 4.07. The molecule has 1 aliphatic heterocycles. The van der Waals surface area contributed by atoms with Crippen LogP contribution in [0.4, 0.5) is 10.7 Å². The second-order valence-corrected chi connectivity index (χ2v) is 5.84. The molecule has 1 aliphatic rings. The molecule has 1 aromatic heterocycles. The van der Waals surface area contributed by atoms with E-state index in [-0.39, 0.29) is 18.5 Å². The van der Waals surface area contributed by atoms with E-state index in [2.05, 4.69) is 9.97 Å². The molecule has 3 rings (SSSR count). The lowest BCUT2D eigenvalue weighted by Crippen LogP contribution is -2.49. The van der Waals surface area contributed by atoms with E-state index in [1.165, 1.54) is 19.3 Å². The number of nitrogens with zero attached hydrogens (tertiary/aromatic N) is 4. The maximum Gasteiger partial charge on any atom is 0.410 e. The monoisotopic (exact) mass is 340 g/mol. The molecule has 7 heteroatoms. The van der Waals surface area contributed by atoms with Crippen molar-refractivity contribution in [2.24, 2.45) is 0 Å². The fraction of sp³-hybridized carbons (Fsp3) is 0.333. The van der Waals surface area contributed by atoms with E-state index < -0.39 is 0 Å². The van der Waals surface area contributed by atoms with Gasteiger partial charge in [-0.3, -0.25) is 4.79 Å². The molecule has 0 unspecified atom stereocenters. The predicted octanol–water partition coefficient (Wildman–Crippen LogP) is 2.14. The number of carbonyl (C=O) groups excluding carboxylic acids is 2. The minimum Gasteiger partial charge on any atom is -0.445 e. The Morgan fingerprint density at radius 1 is 1.04 bits per heavy atom. The summed E-state index contributed by atoms with van der Waals surface area (Å²) in [5.41, 5.74) is 1.46. The van der Waals surface area contributed by atoms with Crippen LogP contribution in [-0.2, 0) is 11.3 Å². The SMILES string of the molecule is CC(=O)c1cnc(N2CCN(C(=O)OCc3ccccc3)CC2)nc1. The van der Waals surface area contributed by atoms with Crippen molar-refractivity contribution < 1.29 is 14.3 Å². The molecule has 0 N–H and O–H groups in total. The molecule has 0 bridgehead atoms. The molecule has 0 atom stereocenters. The van der Waals surface area contributed by atoms with Crippen molar-refractivity contribution in [3.05, 3.63) is 53.9 Å². The van der Waals surface area contributed by atoms with Gasteiger partial charge in [-0.2, -0.15) is 0 Å². The zero-order chi connectivity index (χ0) is 17.6. The van der Waals surface area contributed by atoms with Crippen molar-refractivity contribution in [3.8, 4) is 0 Å². The Morgan fingerprint density at radius 2 is 1.68 bits per heavy atom. The van der Waals surface area contributed by atoms with Crippen LogP contribution >= 0.6 is 0 Å².